The van der Waals surface area contributed by atoms with E-state index in [9.17, 15) is 4.79 Å². The summed E-state index contributed by atoms with van der Waals surface area (Å²) in [5.41, 5.74) is 2.50. The Morgan fingerprint density at radius 3 is 2.50 bits per heavy atom. The van der Waals surface area contributed by atoms with Crippen LogP contribution in [-0.2, 0) is 11.3 Å². The summed E-state index contributed by atoms with van der Waals surface area (Å²) >= 11 is 0. The molecule has 6 nitrogen and oxygen atoms in total. The molecule has 1 aliphatic heterocycles. The van der Waals surface area contributed by atoms with Crippen LogP contribution in [0.4, 0.5) is 0 Å². The SMILES string of the molecule is CC1(C)CN(Cc2ccoc2C(=O)NN)CC(C)(C)O1. The standard InChI is InChI=1S/C14H23N3O3/c1-13(2)8-17(9-14(3,4)20-13)7-10-5-6-19-11(10)12(18)16-15/h5-6H,7-9,15H2,1-4H3,(H,16,18). The molecule has 1 aliphatic rings. The number of hydrogen-bond acceptors (Lipinski definition) is 5. The number of rotatable bonds is 3. The number of furan rings is 1. The molecule has 0 spiro atoms. The fourth-order valence-electron chi connectivity index (χ4n) is 3.02. The molecule has 0 bridgehead atoms. The molecule has 6 heteroatoms. The van der Waals surface area contributed by atoms with Gasteiger partial charge in [-0.05, 0) is 33.8 Å². The number of nitrogen functional groups attached to an aromatic ring is 1. The monoisotopic (exact) mass is 281 g/mol. The summed E-state index contributed by atoms with van der Waals surface area (Å²) in [5.74, 6) is 5.03. The van der Waals surface area contributed by atoms with Crippen molar-refractivity contribution >= 4 is 5.91 Å². The zero-order valence-corrected chi connectivity index (χ0v) is 12.5. The molecule has 0 saturated carbocycles. The van der Waals surface area contributed by atoms with E-state index in [2.05, 4.69) is 38.0 Å². The number of nitrogens with one attached hydrogen (secondary N) is 1. The summed E-state index contributed by atoms with van der Waals surface area (Å²) in [6.45, 7) is 10.5. The number of morpholine rings is 1. The number of ether oxygens (including phenoxy) is 1. The van der Waals surface area contributed by atoms with Crippen LogP contribution < -0.4 is 11.3 Å². The predicted octanol–water partition coefficient (Wildman–Crippen LogP) is 1.27. The first-order valence-electron chi connectivity index (χ1n) is 6.72. The lowest BCUT2D eigenvalue weighted by Gasteiger charge is -2.47. The molecule has 0 aliphatic carbocycles. The Balaban J connectivity index is 2.14. The summed E-state index contributed by atoms with van der Waals surface area (Å²) in [4.78, 5) is 13.9. The number of hydrazine groups is 1. The third kappa shape index (κ3) is 3.39. The highest BCUT2D eigenvalue weighted by molar-refractivity contribution is 5.92. The molecule has 2 heterocycles. The smallest absolute Gasteiger partial charge is 0.301 e. The van der Waals surface area contributed by atoms with Crippen LogP contribution in [0.15, 0.2) is 16.7 Å². The normalized spacial score (nSPS) is 21.6. The van der Waals surface area contributed by atoms with Crippen molar-refractivity contribution in [2.75, 3.05) is 13.1 Å². The van der Waals surface area contributed by atoms with Crippen LogP contribution in [0, 0.1) is 0 Å². The summed E-state index contributed by atoms with van der Waals surface area (Å²) in [6.07, 6.45) is 1.51. The van der Waals surface area contributed by atoms with Crippen molar-refractivity contribution in [3.63, 3.8) is 0 Å². The van der Waals surface area contributed by atoms with Gasteiger partial charge in [0.25, 0.3) is 0 Å². The third-order valence-electron chi connectivity index (χ3n) is 3.24. The molecule has 0 aromatic carbocycles. The van der Waals surface area contributed by atoms with Crippen LogP contribution in [0.5, 0.6) is 0 Å². The summed E-state index contributed by atoms with van der Waals surface area (Å²) in [6, 6.07) is 1.81. The largest absolute Gasteiger partial charge is 0.459 e. The molecule has 1 aromatic rings. The number of nitrogens with zero attached hydrogens (tertiary/aromatic N) is 1. The maximum absolute atomic E-state index is 11.6. The fourth-order valence-corrected chi connectivity index (χ4v) is 3.02. The van der Waals surface area contributed by atoms with Gasteiger partial charge in [0.1, 0.15) is 0 Å². The van der Waals surface area contributed by atoms with Gasteiger partial charge in [-0.15, -0.1) is 0 Å². The van der Waals surface area contributed by atoms with Crippen LogP contribution >= 0.6 is 0 Å². The van der Waals surface area contributed by atoms with Crippen LogP contribution in [0.3, 0.4) is 0 Å². The Hall–Kier alpha value is -1.37. The molecule has 1 aromatic heterocycles. The predicted molar refractivity (Wildman–Crippen MR) is 74.9 cm³/mol. The minimum Gasteiger partial charge on any atom is -0.459 e. The van der Waals surface area contributed by atoms with Crippen LogP contribution in [0.25, 0.3) is 0 Å². The van der Waals surface area contributed by atoms with E-state index in [-0.39, 0.29) is 17.0 Å². The van der Waals surface area contributed by atoms with Gasteiger partial charge < -0.3 is 9.15 Å². The van der Waals surface area contributed by atoms with Crippen molar-refractivity contribution in [1.82, 2.24) is 10.3 Å². The summed E-state index contributed by atoms with van der Waals surface area (Å²) in [5, 5.41) is 0. The van der Waals surface area contributed by atoms with Crippen molar-refractivity contribution in [1.29, 1.82) is 0 Å². The van der Waals surface area contributed by atoms with Gasteiger partial charge >= 0.3 is 5.91 Å². The second-order valence-corrected chi connectivity index (χ2v) is 6.52. The first-order chi connectivity index (χ1) is 9.22. The minimum absolute atomic E-state index is 0.220. The van der Waals surface area contributed by atoms with Gasteiger partial charge in [0, 0.05) is 25.2 Å². The number of carbonyl (C=O) groups excluding carboxylic acids is 1. The van der Waals surface area contributed by atoms with E-state index in [0.717, 1.165) is 18.7 Å². The van der Waals surface area contributed by atoms with Crippen molar-refractivity contribution < 1.29 is 13.9 Å². The van der Waals surface area contributed by atoms with E-state index in [0.29, 0.717) is 6.54 Å². The molecule has 0 unspecified atom stereocenters. The highest BCUT2D eigenvalue weighted by Crippen LogP contribution is 2.29. The van der Waals surface area contributed by atoms with Crippen molar-refractivity contribution in [3.05, 3.63) is 23.7 Å². The average molecular weight is 281 g/mol. The third-order valence-corrected chi connectivity index (χ3v) is 3.24. The van der Waals surface area contributed by atoms with Gasteiger partial charge in [-0.1, -0.05) is 0 Å². The van der Waals surface area contributed by atoms with Gasteiger partial charge in [0.2, 0.25) is 0 Å². The Labute approximate surface area is 119 Å². The topological polar surface area (TPSA) is 80.7 Å². The van der Waals surface area contributed by atoms with Crippen molar-refractivity contribution in [2.45, 2.75) is 45.4 Å². The van der Waals surface area contributed by atoms with Gasteiger partial charge in [-0.3, -0.25) is 15.1 Å². The molecule has 1 amide bonds. The molecule has 20 heavy (non-hydrogen) atoms. The lowest BCUT2D eigenvalue weighted by atomic mass is 9.98. The fraction of sp³-hybridized carbons (Fsp3) is 0.643. The zero-order valence-electron chi connectivity index (χ0n) is 12.5. The molecule has 2 rings (SSSR count). The van der Waals surface area contributed by atoms with E-state index >= 15 is 0 Å². The highest BCUT2D eigenvalue weighted by atomic mass is 16.5. The lowest BCUT2D eigenvalue weighted by Crippen LogP contribution is -2.56. The van der Waals surface area contributed by atoms with E-state index in [1.165, 1.54) is 6.26 Å². The maximum Gasteiger partial charge on any atom is 0.301 e. The molecule has 0 atom stereocenters. The zero-order chi connectivity index (χ0) is 15.0. The first-order valence-corrected chi connectivity index (χ1v) is 6.72. The summed E-state index contributed by atoms with van der Waals surface area (Å²) in [7, 11) is 0. The van der Waals surface area contributed by atoms with E-state index in [1.54, 1.807) is 6.07 Å². The number of amides is 1. The second kappa shape index (κ2) is 5.20. The number of hydrogen-bond donors (Lipinski definition) is 2. The van der Waals surface area contributed by atoms with Crippen LogP contribution in [0.2, 0.25) is 0 Å². The Bertz CT molecular complexity index is 478. The van der Waals surface area contributed by atoms with Crippen LogP contribution in [0.1, 0.15) is 43.8 Å². The number of carbonyl (C=O) groups is 1. The molecule has 1 fully saturated rings. The van der Waals surface area contributed by atoms with E-state index in [4.69, 9.17) is 15.0 Å². The molecular weight excluding hydrogens is 258 g/mol. The average Bonchev–Trinajstić information content (AvgIpc) is 2.71. The van der Waals surface area contributed by atoms with Crippen molar-refractivity contribution in [3.8, 4) is 0 Å². The van der Waals surface area contributed by atoms with Gasteiger partial charge in [-0.25, -0.2) is 5.84 Å². The molecular formula is C14H23N3O3. The van der Waals surface area contributed by atoms with E-state index in [1.807, 2.05) is 0 Å². The molecule has 1 saturated heterocycles. The quantitative estimate of drug-likeness (QED) is 0.495. The summed E-state index contributed by atoms with van der Waals surface area (Å²) < 4.78 is 11.3. The lowest BCUT2D eigenvalue weighted by molar-refractivity contribution is -0.182. The Kier molecular flexibility index (Phi) is 3.90. The second-order valence-electron chi connectivity index (χ2n) is 6.52. The van der Waals surface area contributed by atoms with E-state index < -0.39 is 5.91 Å². The highest BCUT2D eigenvalue weighted by Gasteiger charge is 2.38. The van der Waals surface area contributed by atoms with Crippen LogP contribution in [-0.4, -0.2) is 35.1 Å². The van der Waals surface area contributed by atoms with Gasteiger partial charge in [-0.2, -0.15) is 0 Å². The first kappa shape index (κ1) is 15.0. The minimum atomic E-state index is -0.406. The van der Waals surface area contributed by atoms with Gasteiger partial charge in [0.15, 0.2) is 5.76 Å². The Morgan fingerprint density at radius 2 is 1.95 bits per heavy atom. The Morgan fingerprint density at radius 1 is 1.35 bits per heavy atom. The maximum atomic E-state index is 11.6. The van der Waals surface area contributed by atoms with Gasteiger partial charge in [0.05, 0.1) is 17.5 Å². The van der Waals surface area contributed by atoms with Crippen molar-refractivity contribution in [2.24, 2.45) is 5.84 Å². The number of nitrogens with two attached hydrogens (primary N) is 1. The molecule has 112 valence electrons. The molecule has 0 radical (unpaired) electrons. The molecule has 3 N–H and O–H groups in total.